The summed E-state index contributed by atoms with van der Waals surface area (Å²) < 4.78 is 0. The van der Waals surface area contributed by atoms with Gasteiger partial charge in [-0.05, 0) is 42.0 Å². The van der Waals surface area contributed by atoms with E-state index in [4.69, 9.17) is 23.8 Å². The third-order valence-electron chi connectivity index (χ3n) is 3.93. The van der Waals surface area contributed by atoms with Crippen molar-refractivity contribution >= 4 is 46.4 Å². The fourth-order valence-corrected chi connectivity index (χ4v) is 3.01. The molecule has 25 heavy (non-hydrogen) atoms. The number of amides is 2. The van der Waals surface area contributed by atoms with Crippen LogP contribution in [0.15, 0.2) is 66.2 Å². The maximum Gasteiger partial charge on any atom is 0.269 e. The molecule has 0 radical (unpaired) electrons. The number of nitrogens with one attached hydrogen (secondary N) is 1. The Kier molecular flexibility index (Phi) is 4.97. The quantitative estimate of drug-likeness (QED) is 0.507. The molecule has 0 bridgehead atoms. The van der Waals surface area contributed by atoms with Crippen molar-refractivity contribution in [2.45, 2.75) is 12.8 Å². The molecule has 1 saturated heterocycles. The Balaban J connectivity index is 1.95. The number of anilines is 1. The van der Waals surface area contributed by atoms with Gasteiger partial charge in [-0.3, -0.25) is 19.8 Å². The molecule has 126 valence electrons. The maximum absolute atomic E-state index is 12.9. The molecule has 1 N–H and O–H groups in total. The van der Waals surface area contributed by atoms with Crippen molar-refractivity contribution in [3.63, 3.8) is 0 Å². The van der Waals surface area contributed by atoms with Crippen LogP contribution in [0.4, 0.5) is 5.69 Å². The van der Waals surface area contributed by atoms with Crippen LogP contribution in [0.25, 0.3) is 0 Å². The molecule has 6 heteroatoms. The van der Waals surface area contributed by atoms with Crippen LogP contribution in [0.5, 0.6) is 0 Å². The largest absolute Gasteiger partial charge is 0.298 e. The van der Waals surface area contributed by atoms with E-state index in [-0.39, 0.29) is 16.6 Å². The van der Waals surface area contributed by atoms with Crippen molar-refractivity contribution in [3.8, 4) is 0 Å². The summed E-state index contributed by atoms with van der Waals surface area (Å²) in [5.74, 6) is -1.02. The molecule has 1 aliphatic heterocycles. The first-order valence-electron chi connectivity index (χ1n) is 7.69. The Morgan fingerprint density at radius 3 is 2.36 bits per heavy atom. The summed E-state index contributed by atoms with van der Waals surface area (Å²) in [5, 5.41) is 3.19. The van der Waals surface area contributed by atoms with Crippen LogP contribution in [-0.4, -0.2) is 16.9 Å². The minimum Gasteiger partial charge on any atom is -0.298 e. The highest BCUT2D eigenvalue weighted by molar-refractivity contribution is 7.80. The van der Waals surface area contributed by atoms with E-state index in [1.807, 2.05) is 37.3 Å². The SMILES string of the molecule is CC(/C=C1/C(=O)NC(=S)N(c2ccc(Cl)cc2)C1=O)c1ccccc1. The fourth-order valence-electron chi connectivity index (χ4n) is 2.60. The van der Waals surface area contributed by atoms with E-state index in [9.17, 15) is 9.59 Å². The predicted molar refractivity (Wildman–Crippen MR) is 103 cm³/mol. The standard InChI is InChI=1S/C19H15ClN2O2S/c1-12(13-5-3-2-4-6-13)11-16-17(23)21-19(25)22(18(16)24)15-9-7-14(20)8-10-15/h2-12H,1H3,(H,21,23,25)/b16-11-. The summed E-state index contributed by atoms with van der Waals surface area (Å²) in [4.78, 5) is 26.5. The van der Waals surface area contributed by atoms with Crippen LogP contribution in [0.3, 0.4) is 0 Å². The summed E-state index contributed by atoms with van der Waals surface area (Å²) in [6.07, 6.45) is 1.66. The third kappa shape index (κ3) is 3.62. The van der Waals surface area contributed by atoms with Gasteiger partial charge in [0.05, 0.1) is 5.69 Å². The van der Waals surface area contributed by atoms with E-state index in [2.05, 4.69) is 5.32 Å². The van der Waals surface area contributed by atoms with Gasteiger partial charge < -0.3 is 0 Å². The highest BCUT2D eigenvalue weighted by atomic mass is 35.5. The summed E-state index contributed by atoms with van der Waals surface area (Å²) in [6, 6.07) is 16.4. The Hall–Kier alpha value is -2.50. The molecule has 1 fully saturated rings. The van der Waals surface area contributed by atoms with Gasteiger partial charge in [0, 0.05) is 10.9 Å². The lowest BCUT2D eigenvalue weighted by molar-refractivity contribution is -0.122. The zero-order valence-electron chi connectivity index (χ0n) is 13.4. The van der Waals surface area contributed by atoms with E-state index in [1.165, 1.54) is 4.90 Å². The number of carbonyl (C=O) groups excluding carboxylic acids is 2. The molecule has 1 atom stereocenters. The van der Waals surface area contributed by atoms with Gasteiger partial charge in [-0.2, -0.15) is 0 Å². The number of carbonyl (C=O) groups is 2. The molecule has 4 nitrogen and oxygen atoms in total. The predicted octanol–water partition coefficient (Wildman–Crippen LogP) is 3.82. The monoisotopic (exact) mass is 370 g/mol. The van der Waals surface area contributed by atoms with Gasteiger partial charge >= 0.3 is 0 Å². The van der Waals surface area contributed by atoms with Crippen molar-refractivity contribution in [3.05, 3.63) is 76.8 Å². The number of hydrogen-bond donors (Lipinski definition) is 1. The molecule has 1 unspecified atom stereocenters. The van der Waals surface area contributed by atoms with Gasteiger partial charge in [0.2, 0.25) is 0 Å². The van der Waals surface area contributed by atoms with Gasteiger partial charge in [0.25, 0.3) is 11.8 Å². The molecule has 1 heterocycles. The molecule has 2 amide bonds. The molecule has 0 spiro atoms. The number of halogens is 1. The van der Waals surface area contributed by atoms with Crippen LogP contribution in [-0.2, 0) is 9.59 Å². The molecule has 2 aromatic carbocycles. The summed E-state index contributed by atoms with van der Waals surface area (Å²) in [6.45, 7) is 1.93. The number of nitrogens with zero attached hydrogens (tertiary/aromatic N) is 1. The Morgan fingerprint density at radius 2 is 1.72 bits per heavy atom. The first-order chi connectivity index (χ1) is 12.0. The molecule has 1 aliphatic rings. The van der Waals surface area contributed by atoms with Crippen molar-refractivity contribution in [2.24, 2.45) is 0 Å². The Labute approximate surface area is 156 Å². The lowest BCUT2D eigenvalue weighted by Gasteiger charge is -2.29. The van der Waals surface area contributed by atoms with E-state index in [0.717, 1.165) is 5.56 Å². The first kappa shape index (κ1) is 17.3. The van der Waals surface area contributed by atoms with Gasteiger partial charge in [0.15, 0.2) is 5.11 Å². The number of benzene rings is 2. The smallest absolute Gasteiger partial charge is 0.269 e. The lowest BCUT2D eigenvalue weighted by atomic mass is 9.97. The first-order valence-corrected chi connectivity index (χ1v) is 8.48. The van der Waals surface area contributed by atoms with Gasteiger partial charge in [-0.1, -0.05) is 54.9 Å². The molecule has 0 aromatic heterocycles. The van der Waals surface area contributed by atoms with E-state index < -0.39 is 11.8 Å². The number of allylic oxidation sites excluding steroid dienone is 1. The Morgan fingerprint density at radius 1 is 1.08 bits per heavy atom. The van der Waals surface area contributed by atoms with Gasteiger partial charge in [0.1, 0.15) is 5.57 Å². The summed E-state index contributed by atoms with van der Waals surface area (Å²) >= 11 is 11.1. The van der Waals surface area contributed by atoms with Crippen LogP contribution in [0.1, 0.15) is 18.4 Å². The van der Waals surface area contributed by atoms with Crippen molar-refractivity contribution in [1.29, 1.82) is 0 Å². The second-order valence-corrected chi connectivity index (χ2v) is 6.48. The maximum atomic E-state index is 12.9. The zero-order chi connectivity index (χ0) is 18.0. The highest BCUT2D eigenvalue weighted by Gasteiger charge is 2.34. The van der Waals surface area contributed by atoms with E-state index >= 15 is 0 Å². The third-order valence-corrected chi connectivity index (χ3v) is 4.47. The molecule has 2 aromatic rings. The zero-order valence-corrected chi connectivity index (χ0v) is 15.0. The minimum absolute atomic E-state index is 0.0573. The number of hydrogen-bond acceptors (Lipinski definition) is 3. The second kappa shape index (κ2) is 7.17. The number of thiocarbonyl (C=S) groups is 1. The van der Waals surface area contributed by atoms with Gasteiger partial charge in [-0.25, -0.2) is 0 Å². The fraction of sp³-hybridized carbons (Fsp3) is 0.105. The normalized spacial score (nSPS) is 17.6. The van der Waals surface area contributed by atoms with Crippen LogP contribution >= 0.6 is 23.8 Å². The van der Waals surface area contributed by atoms with E-state index in [0.29, 0.717) is 10.7 Å². The molecular formula is C19H15ClN2O2S. The van der Waals surface area contributed by atoms with Crippen LogP contribution in [0, 0.1) is 0 Å². The Bertz CT molecular complexity index is 863. The van der Waals surface area contributed by atoms with Gasteiger partial charge in [-0.15, -0.1) is 0 Å². The van der Waals surface area contributed by atoms with Crippen molar-refractivity contribution < 1.29 is 9.59 Å². The molecule has 0 saturated carbocycles. The van der Waals surface area contributed by atoms with Crippen LogP contribution < -0.4 is 10.2 Å². The lowest BCUT2D eigenvalue weighted by Crippen LogP contribution is -2.54. The average Bonchev–Trinajstić information content (AvgIpc) is 2.60. The summed E-state index contributed by atoms with van der Waals surface area (Å²) in [5.41, 5.74) is 1.64. The van der Waals surface area contributed by atoms with Crippen LogP contribution in [0.2, 0.25) is 5.02 Å². The second-order valence-electron chi connectivity index (χ2n) is 5.66. The summed E-state index contributed by atoms with van der Waals surface area (Å²) in [7, 11) is 0. The highest BCUT2D eigenvalue weighted by Crippen LogP contribution is 2.25. The molecule has 3 rings (SSSR count). The average molecular weight is 371 g/mol. The molecule has 0 aliphatic carbocycles. The number of rotatable bonds is 3. The topological polar surface area (TPSA) is 49.4 Å². The molecular weight excluding hydrogens is 356 g/mol. The van der Waals surface area contributed by atoms with E-state index in [1.54, 1.807) is 30.3 Å². The van der Waals surface area contributed by atoms with Crippen molar-refractivity contribution in [2.75, 3.05) is 4.90 Å². The van der Waals surface area contributed by atoms with Crippen molar-refractivity contribution in [1.82, 2.24) is 5.32 Å². The minimum atomic E-state index is -0.483.